The number of carbonyl (C=O) groups excluding carboxylic acids is 2. The van der Waals surface area contributed by atoms with E-state index in [9.17, 15) is 19.5 Å². The fraction of sp³-hybridized carbons (Fsp3) is 0.423. The first kappa shape index (κ1) is 25.2. The van der Waals surface area contributed by atoms with Crippen molar-refractivity contribution in [1.82, 2.24) is 15.5 Å². The Morgan fingerprint density at radius 1 is 0.971 bits per heavy atom. The molecule has 2 amide bonds. The fourth-order valence-corrected chi connectivity index (χ4v) is 4.25. The number of carboxylic acids is 1. The number of aliphatic carboxylic acids is 1. The molecule has 8 nitrogen and oxygen atoms in total. The predicted molar refractivity (Wildman–Crippen MR) is 130 cm³/mol. The molecule has 2 atom stereocenters. The molecule has 34 heavy (non-hydrogen) atoms. The normalized spacial score (nSPS) is 14.3. The number of hydrogen-bond donors (Lipinski definition) is 3. The lowest BCUT2D eigenvalue weighted by Gasteiger charge is -2.24. The van der Waals surface area contributed by atoms with E-state index in [2.05, 4.69) is 34.9 Å². The average Bonchev–Trinajstić information content (AvgIpc) is 3.10. The van der Waals surface area contributed by atoms with Gasteiger partial charge in [0.25, 0.3) is 0 Å². The van der Waals surface area contributed by atoms with Gasteiger partial charge in [-0.2, -0.15) is 0 Å². The molecule has 8 heteroatoms. The van der Waals surface area contributed by atoms with E-state index in [4.69, 9.17) is 4.74 Å². The molecule has 0 saturated heterocycles. The van der Waals surface area contributed by atoms with Crippen LogP contribution in [-0.4, -0.2) is 67.3 Å². The summed E-state index contributed by atoms with van der Waals surface area (Å²) in [4.78, 5) is 38.2. The van der Waals surface area contributed by atoms with E-state index in [-0.39, 0.29) is 31.4 Å². The third-order valence-corrected chi connectivity index (χ3v) is 6.04. The second-order valence-corrected chi connectivity index (χ2v) is 9.25. The predicted octanol–water partition coefficient (Wildman–Crippen LogP) is 3.07. The van der Waals surface area contributed by atoms with Crippen LogP contribution in [0.5, 0.6) is 0 Å². The van der Waals surface area contributed by atoms with Crippen molar-refractivity contribution in [3.8, 4) is 11.1 Å². The van der Waals surface area contributed by atoms with Crippen LogP contribution in [0.3, 0.4) is 0 Å². The molecule has 1 aliphatic carbocycles. The molecule has 0 spiro atoms. The quantitative estimate of drug-likeness (QED) is 0.496. The maximum absolute atomic E-state index is 12.6. The molecule has 3 N–H and O–H groups in total. The number of benzene rings is 2. The largest absolute Gasteiger partial charge is 0.480 e. The van der Waals surface area contributed by atoms with Gasteiger partial charge < -0.3 is 25.4 Å². The van der Waals surface area contributed by atoms with Crippen molar-refractivity contribution in [1.29, 1.82) is 0 Å². The Morgan fingerprint density at radius 3 is 2.03 bits per heavy atom. The molecule has 0 heterocycles. The first-order valence-corrected chi connectivity index (χ1v) is 11.5. The molecule has 0 aromatic heterocycles. The standard InChI is InChI=1S/C26H33N3O5/c1-16(2)22(13-24(30)27-23(25(31)32)14-29(3)4)28-26(33)34-15-21-19-11-7-5-9-17(19)18-10-6-8-12-20(18)21/h5-12,16,21-23H,13-15H2,1-4H3,(H,27,30)(H,28,33)(H,31,32)/t22?,23-/m0/s1. The van der Waals surface area contributed by atoms with Gasteiger partial charge in [-0.25, -0.2) is 9.59 Å². The number of carboxylic acid groups (broad SMARTS) is 1. The molecule has 2 aromatic carbocycles. The number of rotatable bonds is 10. The molecule has 3 rings (SSSR count). The minimum atomic E-state index is -1.10. The Morgan fingerprint density at radius 2 is 1.53 bits per heavy atom. The number of amides is 2. The van der Waals surface area contributed by atoms with E-state index in [1.807, 2.05) is 38.1 Å². The maximum Gasteiger partial charge on any atom is 0.407 e. The molecule has 1 aliphatic rings. The zero-order valence-electron chi connectivity index (χ0n) is 20.1. The molecule has 1 unspecified atom stereocenters. The maximum atomic E-state index is 12.6. The highest BCUT2D eigenvalue weighted by atomic mass is 16.5. The highest BCUT2D eigenvalue weighted by molar-refractivity contribution is 5.84. The monoisotopic (exact) mass is 467 g/mol. The molecular weight excluding hydrogens is 434 g/mol. The summed E-state index contributed by atoms with van der Waals surface area (Å²) in [5.74, 6) is -1.65. The summed E-state index contributed by atoms with van der Waals surface area (Å²) in [5, 5.41) is 14.7. The smallest absolute Gasteiger partial charge is 0.407 e. The zero-order valence-corrected chi connectivity index (χ0v) is 20.1. The molecule has 0 radical (unpaired) electrons. The van der Waals surface area contributed by atoms with Gasteiger partial charge in [0.15, 0.2) is 0 Å². The SMILES string of the molecule is CC(C)C(CC(=O)N[C@@H](CN(C)C)C(=O)O)NC(=O)OCC1c2ccccc2-c2ccccc21. The van der Waals surface area contributed by atoms with E-state index in [1.54, 1.807) is 19.0 Å². The second kappa shape index (κ2) is 11.2. The Hall–Kier alpha value is -3.39. The third-order valence-electron chi connectivity index (χ3n) is 6.04. The summed E-state index contributed by atoms with van der Waals surface area (Å²) in [6, 6.07) is 14.7. The summed E-state index contributed by atoms with van der Waals surface area (Å²) in [6.07, 6.45) is -0.643. The minimum absolute atomic E-state index is 0.0426. The molecule has 0 fully saturated rings. The van der Waals surface area contributed by atoms with Crippen LogP contribution in [0.4, 0.5) is 4.79 Å². The second-order valence-electron chi connectivity index (χ2n) is 9.25. The molecule has 0 bridgehead atoms. The summed E-state index contributed by atoms with van der Waals surface area (Å²) >= 11 is 0. The Bertz CT molecular complexity index is 991. The highest BCUT2D eigenvalue weighted by Gasteiger charge is 2.30. The van der Waals surface area contributed by atoms with Gasteiger partial charge in [-0.1, -0.05) is 62.4 Å². The lowest BCUT2D eigenvalue weighted by Crippen LogP contribution is -2.49. The van der Waals surface area contributed by atoms with Crippen LogP contribution in [0.15, 0.2) is 48.5 Å². The number of fused-ring (bicyclic) bond motifs is 3. The van der Waals surface area contributed by atoms with E-state index >= 15 is 0 Å². The number of carbonyl (C=O) groups is 3. The topological polar surface area (TPSA) is 108 Å². The first-order valence-electron chi connectivity index (χ1n) is 11.5. The van der Waals surface area contributed by atoms with Crippen LogP contribution in [-0.2, 0) is 14.3 Å². The van der Waals surface area contributed by atoms with Gasteiger partial charge in [-0.05, 0) is 42.3 Å². The van der Waals surface area contributed by atoms with Crippen molar-refractivity contribution in [2.75, 3.05) is 27.2 Å². The third kappa shape index (κ3) is 6.14. The molecule has 0 aliphatic heterocycles. The van der Waals surface area contributed by atoms with Gasteiger partial charge in [0, 0.05) is 24.9 Å². The number of hydrogen-bond acceptors (Lipinski definition) is 5. The van der Waals surface area contributed by atoms with Gasteiger partial charge in [0.1, 0.15) is 12.6 Å². The first-order chi connectivity index (χ1) is 16.2. The van der Waals surface area contributed by atoms with Gasteiger partial charge in [0.05, 0.1) is 0 Å². The number of nitrogens with one attached hydrogen (secondary N) is 2. The summed E-state index contributed by atoms with van der Waals surface area (Å²) in [6.45, 7) is 4.13. The minimum Gasteiger partial charge on any atom is -0.480 e. The van der Waals surface area contributed by atoms with Crippen LogP contribution in [0.1, 0.15) is 37.3 Å². The van der Waals surface area contributed by atoms with Crippen molar-refractivity contribution in [3.63, 3.8) is 0 Å². The van der Waals surface area contributed by atoms with Crippen molar-refractivity contribution < 1.29 is 24.2 Å². The van der Waals surface area contributed by atoms with E-state index in [0.717, 1.165) is 22.3 Å². The van der Waals surface area contributed by atoms with Gasteiger partial charge in [-0.15, -0.1) is 0 Å². The van der Waals surface area contributed by atoms with E-state index in [0.29, 0.717) is 0 Å². The highest BCUT2D eigenvalue weighted by Crippen LogP contribution is 2.44. The van der Waals surface area contributed by atoms with Crippen LogP contribution < -0.4 is 10.6 Å². The van der Waals surface area contributed by atoms with Crippen molar-refractivity contribution >= 4 is 18.0 Å². The van der Waals surface area contributed by atoms with Crippen molar-refractivity contribution in [2.45, 2.75) is 38.3 Å². The van der Waals surface area contributed by atoms with Gasteiger partial charge in [0.2, 0.25) is 5.91 Å². The Labute approximate surface area is 200 Å². The summed E-state index contributed by atoms with van der Waals surface area (Å²) in [7, 11) is 3.47. The summed E-state index contributed by atoms with van der Waals surface area (Å²) in [5.41, 5.74) is 4.54. The Kier molecular flexibility index (Phi) is 8.28. The van der Waals surface area contributed by atoms with E-state index < -0.39 is 30.1 Å². The van der Waals surface area contributed by atoms with Crippen LogP contribution in [0, 0.1) is 5.92 Å². The lowest BCUT2D eigenvalue weighted by atomic mass is 9.98. The van der Waals surface area contributed by atoms with Crippen LogP contribution >= 0.6 is 0 Å². The van der Waals surface area contributed by atoms with Crippen molar-refractivity contribution in [2.24, 2.45) is 5.92 Å². The molecular formula is C26H33N3O5. The average molecular weight is 468 g/mol. The molecule has 0 saturated carbocycles. The van der Waals surface area contributed by atoms with Crippen LogP contribution in [0.25, 0.3) is 11.1 Å². The fourth-order valence-electron chi connectivity index (χ4n) is 4.25. The Balaban J connectivity index is 1.59. The zero-order chi connectivity index (χ0) is 24.8. The number of ether oxygens (including phenoxy) is 1. The number of nitrogens with zero attached hydrogens (tertiary/aromatic N) is 1. The van der Waals surface area contributed by atoms with E-state index in [1.165, 1.54) is 0 Å². The number of likely N-dealkylation sites (N-methyl/N-ethyl adjacent to an activating group) is 1. The lowest BCUT2D eigenvalue weighted by molar-refractivity contribution is -0.142. The molecule has 182 valence electrons. The number of alkyl carbamates (subject to hydrolysis) is 1. The van der Waals surface area contributed by atoms with Crippen molar-refractivity contribution in [3.05, 3.63) is 59.7 Å². The molecule has 2 aromatic rings. The summed E-state index contributed by atoms with van der Waals surface area (Å²) < 4.78 is 5.59. The van der Waals surface area contributed by atoms with Crippen LogP contribution in [0.2, 0.25) is 0 Å². The van der Waals surface area contributed by atoms with Gasteiger partial charge >= 0.3 is 12.1 Å². The van der Waals surface area contributed by atoms with Gasteiger partial charge in [-0.3, -0.25) is 4.79 Å².